The van der Waals surface area contributed by atoms with E-state index in [-0.39, 0.29) is 20.1 Å². The second-order valence-electron chi connectivity index (χ2n) is 10.6. The maximum Gasteiger partial charge on any atom is 0.116 e. The molecule has 0 atom stereocenters. The van der Waals surface area contributed by atoms with Crippen LogP contribution in [0.4, 0.5) is 17.1 Å². The molecule has 8 rings (SSSR count). The molecule has 0 saturated carbocycles. The number of fused-ring (bicyclic) bond motifs is 3. The standard InChI is InChI=1S/C16H12N2O.C13H16N2.C9H8N2.Ir/c1-17-9-10-18(11-17)14-7-4-6-13-12-5-2-3-8-15(12)19-16(13)14;1-2-3-9-14-10-11-15(12-14)13-7-5-4-6-8-13;1-2-4-9(5-3-1)11-7-6-10-8-11;/h2-6,8-11H,1H3;4-7,10-12H,2-3,9H2,1H3;1-4,6-8,10H;/q3*-2;. The summed E-state index contributed by atoms with van der Waals surface area (Å²) in [7, 11) is 2.00. The zero-order valence-corrected chi connectivity index (χ0v) is 28.3. The first-order valence-electron chi connectivity index (χ1n) is 15.1. The molecule has 1 N–H and O–H groups in total. The van der Waals surface area contributed by atoms with E-state index in [0.29, 0.717) is 0 Å². The number of benzene rings is 4. The van der Waals surface area contributed by atoms with Crippen molar-refractivity contribution in [3.05, 3.63) is 160 Å². The molecule has 0 aliphatic carbocycles. The molecule has 0 unspecified atom stereocenters. The van der Waals surface area contributed by atoms with E-state index in [2.05, 4.69) is 71.4 Å². The Morgan fingerprint density at radius 3 is 2.13 bits per heavy atom. The van der Waals surface area contributed by atoms with Crippen LogP contribution in [-0.2, 0) is 20.1 Å². The molecule has 239 valence electrons. The molecule has 46 heavy (non-hydrogen) atoms. The van der Waals surface area contributed by atoms with Crippen LogP contribution < -0.4 is 20.0 Å². The largest absolute Gasteiger partial charge is 0.521 e. The number of rotatable bonds is 6. The average molecular weight is 785 g/mol. The topological polar surface area (TPSA) is 41.4 Å². The number of unbranched alkanes of at least 4 members (excludes halogenated alkanes) is 1. The molecule has 5 aromatic rings. The van der Waals surface area contributed by atoms with Crippen molar-refractivity contribution >= 4 is 39.0 Å². The van der Waals surface area contributed by atoms with Gasteiger partial charge in [0.15, 0.2) is 0 Å². The average Bonchev–Trinajstić information content (AvgIpc) is 3.92. The van der Waals surface area contributed by atoms with Crippen molar-refractivity contribution in [2.24, 2.45) is 0 Å². The van der Waals surface area contributed by atoms with Crippen LogP contribution in [0.2, 0.25) is 0 Å². The third-order valence-corrected chi connectivity index (χ3v) is 7.29. The predicted molar refractivity (Wildman–Crippen MR) is 183 cm³/mol. The summed E-state index contributed by atoms with van der Waals surface area (Å²) < 4.78 is 5.99. The number of anilines is 3. The third-order valence-electron chi connectivity index (χ3n) is 7.29. The minimum Gasteiger partial charge on any atom is -0.521 e. The van der Waals surface area contributed by atoms with Crippen LogP contribution in [0.25, 0.3) is 21.9 Å². The second kappa shape index (κ2) is 16.1. The summed E-state index contributed by atoms with van der Waals surface area (Å²) in [6.07, 6.45) is 14.5. The Morgan fingerprint density at radius 2 is 1.46 bits per heavy atom. The van der Waals surface area contributed by atoms with Crippen LogP contribution in [0.15, 0.2) is 127 Å². The number of hydrogen-bond donors (Lipinski definition) is 1. The molecule has 1 aromatic heterocycles. The van der Waals surface area contributed by atoms with Gasteiger partial charge in [-0.05, 0) is 63.3 Å². The molecular weight excluding hydrogens is 749 g/mol. The van der Waals surface area contributed by atoms with E-state index < -0.39 is 0 Å². The van der Waals surface area contributed by atoms with Gasteiger partial charge in [-0.25, -0.2) is 0 Å². The summed E-state index contributed by atoms with van der Waals surface area (Å²) in [6, 6.07) is 37.5. The number of nitrogens with zero attached hydrogens (tertiary/aromatic N) is 5. The van der Waals surface area contributed by atoms with Crippen molar-refractivity contribution in [1.29, 1.82) is 0 Å². The van der Waals surface area contributed by atoms with Crippen molar-refractivity contribution in [3.63, 3.8) is 0 Å². The van der Waals surface area contributed by atoms with E-state index in [9.17, 15) is 0 Å². The number of para-hydroxylation sites is 3. The van der Waals surface area contributed by atoms with Crippen molar-refractivity contribution < 1.29 is 24.5 Å². The van der Waals surface area contributed by atoms with Gasteiger partial charge in [0.05, 0.1) is 0 Å². The van der Waals surface area contributed by atoms with E-state index in [1.165, 1.54) is 12.8 Å². The normalized spacial score (nSPS) is 14.7. The van der Waals surface area contributed by atoms with Crippen molar-refractivity contribution in [2.45, 2.75) is 19.8 Å². The summed E-state index contributed by atoms with van der Waals surface area (Å²) >= 11 is 0. The zero-order chi connectivity index (χ0) is 30.8. The molecule has 8 heteroatoms. The number of furan rings is 1. The SMILES string of the molecule is CCCCN1C=CN(c2[c-]cccc2)[CH-]1.CN1C=CN(c2[c-]ccc3c2oc2ccccc23)[CH-]1.[Ir].[c-]1ccccc1N1C=CN[CH-]1. The zero-order valence-electron chi connectivity index (χ0n) is 25.9. The molecule has 0 spiro atoms. The molecule has 0 fully saturated rings. The van der Waals surface area contributed by atoms with Gasteiger partial charge in [0.25, 0.3) is 0 Å². The van der Waals surface area contributed by atoms with Gasteiger partial charge in [-0.2, -0.15) is 98.9 Å². The molecule has 3 aliphatic rings. The first-order valence-corrected chi connectivity index (χ1v) is 15.1. The molecule has 0 amide bonds. The van der Waals surface area contributed by atoms with Crippen LogP contribution in [0.1, 0.15) is 19.8 Å². The molecule has 3 aliphatic heterocycles. The van der Waals surface area contributed by atoms with E-state index in [1.54, 1.807) is 0 Å². The van der Waals surface area contributed by atoms with Gasteiger partial charge >= 0.3 is 0 Å². The van der Waals surface area contributed by atoms with Crippen LogP contribution in [0.3, 0.4) is 0 Å². The monoisotopic (exact) mass is 785 g/mol. The Hall–Kier alpha value is -4.65. The van der Waals surface area contributed by atoms with Crippen molar-refractivity contribution in [1.82, 2.24) is 15.1 Å². The van der Waals surface area contributed by atoms with Gasteiger partial charge in [-0.3, -0.25) is 0 Å². The first kappa shape index (κ1) is 32.7. The fraction of sp³-hybridized carbons (Fsp3) is 0.132. The third kappa shape index (κ3) is 7.94. The summed E-state index contributed by atoms with van der Waals surface area (Å²) in [4.78, 5) is 10.3. The van der Waals surface area contributed by atoms with Gasteiger partial charge in [0, 0.05) is 31.1 Å². The molecule has 0 saturated heterocycles. The Labute approximate surface area is 286 Å². The smallest absolute Gasteiger partial charge is 0.116 e. The minimum absolute atomic E-state index is 0. The Balaban J connectivity index is 0.000000139. The van der Waals surface area contributed by atoms with Crippen LogP contribution >= 0.6 is 0 Å². The van der Waals surface area contributed by atoms with Crippen molar-refractivity contribution in [2.75, 3.05) is 28.3 Å². The maximum atomic E-state index is 5.99. The molecular formula is C38H36IrN6O-6. The fourth-order valence-electron chi connectivity index (χ4n) is 4.99. The summed E-state index contributed by atoms with van der Waals surface area (Å²) in [5, 5.41) is 5.24. The molecule has 1 radical (unpaired) electrons. The van der Waals surface area contributed by atoms with Gasteiger partial charge in [0.1, 0.15) is 5.58 Å². The minimum atomic E-state index is 0. The van der Waals surface area contributed by atoms with E-state index in [4.69, 9.17) is 4.42 Å². The van der Waals surface area contributed by atoms with Crippen LogP contribution in [0.5, 0.6) is 0 Å². The molecule has 4 heterocycles. The Kier molecular flexibility index (Phi) is 11.4. The maximum absolute atomic E-state index is 5.99. The first-order chi connectivity index (χ1) is 22.2. The van der Waals surface area contributed by atoms with Crippen molar-refractivity contribution in [3.8, 4) is 0 Å². The Morgan fingerprint density at radius 1 is 0.717 bits per heavy atom. The quantitative estimate of drug-likeness (QED) is 0.174. The Bertz CT molecular complexity index is 1750. The summed E-state index contributed by atoms with van der Waals surface area (Å²) in [6.45, 7) is 9.30. The van der Waals surface area contributed by atoms with Gasteiger partial charge in [0.2, 0.25) is 0 Å². The molecule has 4 aromatic carbocycles. The van der Waals surface area contributed by atoms with E-state index in [0.717, 1.165) is 45.5 Å². The second-order valence-corrected chi connectivity index (χ2v) is 10.6. The van der Waals surface area contributed by atoms with Crippen LogP contribution in [-0.4, -0.2) is 23.4 Å². The van der Waals surface area contributed by atoms with Gasteiger partial charge in [-0.15, -0.1) is 11.4 Å². The number of hydrogen-bond acceptors (Lipinski definition) is 7. The van der Waals surface area contributed by atoms with Gasteiger partial charge < -0.3 is 34.2 Å². The van der Waals surface area contributed by atoms with Gasteiger partial charge in [-0.1, -0.05) is 42.6 Å². The molecule has 7 nitrogen and oxygen atoms in total. The number of nitrogens with one attached hydrogen (secondary N) is 1. The van der Waals surface area contributed by atoms with Crippen LogP contribution in [0, 0.1) is 38.2 Å². The van der Waals surface area contributed by atoms with E-state index in [1.807, 2.05) is 133 Å². The molecule has 0 bridgehead atoms. The predicted octanol–water partition coefficient (Wildman–Crippen LogP) is 8.21. The summed E-state index contributed by atoms with van der Waals surface area (Å²) in [5.74, 6) is 0. The van der Waals surface area contributed by atoms with E-state index >= 15 is 0 Å². The summed E-state index contributed by atoms with van der Waals surface area (Å²) in [5.41, 5.74) is 4.87. The fourth-order valence-corrected chi connectivity index (χ4v) is 4.99.